The molecule has 1 heterocycles. The van der Waals surface area contributed by atoms with Crippen molar-refractivity contribution in [2.24, 2.45) is 0 Å². The van der Waals surface area contributed by atoms with Crippen LogP contribution >= 0.6 is 0 Å². The molecule has 1 aliphatic heterocycles. The van der Waals surface area contributed by atoms with Gasteiger partial charge in [-0.3, -0.25) is 14.9 Å². The molecule has 0 aromatic heterocycles. The van der Waals surface area contributed by atoms with Crippen molar-refractivity contribution in [2.75, 3.05) is 13.2 Å². The second kappa shape index (κ2) is 11.4. The number of carbonyl (C=O) groups is 3. The molecule has 32 heavy (non-hydrogen) atoms. The smallest absolute Gasteiger partial charge is 0.326 e. The van der Waals surface area contributed by atoms with Crippen molar-refractivity contribution in [3.8, 4) is 0 Å². The number of esters is 1. The van der Waals surface area contributed by atoms with Crippen LogP contribution in [0.25, 0.3) is 0 Å². The highest BCUT2D eigenvalue weighted by Crippen LogP contribution is 2.36. The standard InChI is InChI=1S/C25H30N2O5/c1-2-32-25(31)20(14-13-18-9-5-3-6-10-18)26-17-23(28)27-21(15-16-22(27)24(29)30)19-11-7-4-8-12-19/h3-12,20-22,26H,2,13-17H2,1H3,(H,29,30)/t20-,21?,22-/m0/s1. The third-order valence-corrected chi connectivity index (χ3v) is 5.78. The van der Waals surface area contributed by atoms with Gasteiger partial charge < -0.3 is 14.7 Å². The zero-order valence-corrected chi connectivity index (χ0v) is 18.3. The highest BCUT2D eigenvalue weighted by molar-refractivity contribution is 5.86. The van der Waals surface area contributed by atoms with Crippen LogP contribution in [0.5, 0.6) is 0 Å². The van der Waals surface area contributed by atoms with Crippen molar-refractivity contribution in [3.63, 3.8) is 0 Å². The fraction of sp³-hybridized carbons (Fsp3) is 0.400. The molecule has 0 bridgehead atoms. The lowest BCUT2D eigenvalue weighted by atomic mass is 10.0. The van der Waals surface area contributed by atoms with E-state index in [1.165, 1.54) is 4.90 Å². The number of aryl methyl sites for hydroxylation is 1. The van der Waals surface area contributed by atoms with Crippen LogP contribution in [-0.2, 0) is 25.5 Å². The fourth-order valence-corrected chi connectivity index (χ4v) is 4.21. The van der Waals surface area contributed by atoms with Gasteiger partial charge in [-0.25, -0.2) is 4.79 Å². The SMILES string of the molecule is CCOC(=O)[C@H](CCc1ccccc1)NCC(=O)N1C(c2ccccc2)CC[C@H]1C(=O)O. The Morgan fingerprint density at radius 1 is 1.06 bits per heavy atom. The van der Waals surface area contributed by atoms with Crippen molar-refractivity contribution in [2.45, 2.75) is 50.7 Å². The molecule has 3 atom stereocenters. The van der Waals surface area contributed by atoms with Crippen LogP contribution in [0.1, 0.15) is 43.4 Å². The van der Waals surface area contributed by atoms with Crippen LogP contribution in [0, 0.1) is 0 Å². The normalized spacial score (nSPS) is 18.8. The van der Waals surface area contributed by atoms with Crippen LogP contribution in [0.2, 0.25) is 0 Å². The minimum absolute atomic E-state index is 0.134. The minimum atomic E-state index is -1.01. The number of hydrogen-bond donors (Lipinski definition) is 2. The van der Waals surface area contributed by atoms with Crippen molar-refractivity contribution >= 4 is 17.8 Å². The summed E-state index contributed by atoms with van der Waals surface area (Å²) in [7, 11) is 0. The van der Waals surface area contributed by atoms with Gasteiger partial charge in [0.1, 0.15) is 12.1 Å². The van der Waals surface area contributed by atoms with Gasteiger partial charge in [-0.1, -0.05) is 60.7 Å². The molecule has 2 aromatic carbocycles. The molecular formula is C25H30N2O5. The second-order valence-corrected chi connectivity index (χ2v) is 7.87. The van der Waals surface area contributed by atoms with Crippen molar-refractivity contribution < 1.29 is 24.2 Å². The van der Waals surface area contributed by atoms with Gasteiger partial charge in [-0.2, -0.15) is 0 Å². The number of amides is 1. The average molecular weight is 439 g/mol. The number of carbonyl (C=O) groups excluding carboxylic acids is 2. The van der Waals surface area contributed by atoms with E-state index in [-0.39, 0.29) is 25.1 Å². The Balaban J connectivity index is 1.69. The number of aliphatic carboxylic acids is 1. The fourth-order valence-electron chi connectivity index (χ4n) is 4.21. The number of rotatable bonds is 10. The molecule has 0 aliphatic carbocycles. The van der Waals surface area contributed by atoms with E-state index in [0.29, 0.717) is 25.7 Å². The van der Waals surface area contributed by atoms with Crippen molar-refractivity contribution in [1.29, 1.82) is 0 Å². The number of likely N-dealkylation sites (tertiary alicyclic amines) is 1. The lowest BCUT2D eigenvalue weighted by Crippen LogP contribution is -2.49. The molecule has 0 spiro atoms. The molecule has 1 saturated heterocycles. The molecule has 3 rings (SSSR count). The lowest BCUT2D eigenvalue weighted by Gasteiger charge is -2.29. The maximum atomic E-state index is 13.2. The highest BCUT2D eigenvalue weighted by Gasteiger charge is 2.41. The minimum Gasteiger partial charge on any atom is -0.480 e. The first-order valence-electron chi connectivity index (χ1n) is 11.0. The summed E-state index contributed by atoms with van der Waals surface area (Å²) in [5, 5.41) is 12.7. The number of carboxylic acids is 1. The van der Waals surface area contributed by atoms with Gasteiger partial charge in [0.15, 0.2) is 0 Å². The molecule has 1 fully saturated rings. The molecule has 1 unspecified atom stereocenters. The monoisotopic (exact) mass is 438 g/mol. The van der Waals surface area contributed by atoms with E-state index >= 15 is 0 Å². The van der Waals surface area contributed by atoms with Gasteiger partial charge in [0, 0.05) is 0 Å². The predicted molar refractivity (Wildman–Crippen MR) is 120 cm³/mol. The Bertz CT molecular complexity index is 903. The van der Waals surface area contributed by atoms with Crippen LogP contribution in [0.15, 0.2) is 60.7 Å². The maximum Gasteiger partial charge on any atom is 0.326 e. The van der Waals surface area contributed by atoms with Crippen LogP contribution in [-0.4, -0.2) is 53.1 Å². The quantitative estimate of drug-likeness (QED) is 0.554. The predicted octanol–water partition coefficient (Wildman–Crippen LogP) is 2.96. The average Bonchev–Trinajstić information content (AvgIpc) is 3.26. The van der Waals surface area contributed by atoms with Crippen LogP contribution in [0.4, 0.5) is 0 Å². The van der Waals surface area contributed by atoms with E-state index in [9.17, 15) is 19.5 Å². The molecule has 170 valence electrons. The van der Waals surface area contributed by atoms with Crippen molar-refractivity contribution in [1.82, 2.24) is 10.2 Å². The molecule has 7 heteroatoms. The van der Waals surface area contributed by atoms with Gasteiger partial charge >= 0.3 is 11.9 Å². The van der Waals surface area contributed by atoms with Gasteiger partial charge in [-0.15, -0.1) is 0 Å². The van der Waals surface area contributed by atoms with Gasteiger partial charge in [-0.05, 0) is 43.7 Å². The zero-order chi connectivity index (χ0) is 22.9. The third-order valence-electron chi connectivity index (χ3n) is 5.78. The largest absolute Gasteiger partial charge is 0.480 e. The summed E-state index contributed by atoms with van der Waals surface area (Å²) in [5.74, 6) is -1.76. The Kier molecular flexibility index (Phi) is 8.39. The third kappa shape index (κ3) is 5.95. The van der Waals surface area contributed by atoms with Gasteiger partial charge in [0.2, 0.25) is 5.91 Å². The number of hydrogen-bond acceptors (Lipinski definition) is 5. The molecule has 1 aliphatic rings. The van der Waals surface area contributed by atoms with E-state index in [2.05, 4.69) is 5.32 Å². The summed E-state index contributed by atoms with van der Waals surface area (Å²) < 4.78 is 5.18. The van der Waals surface area contributed by atoms with E-state index in [1.807, 2.05) is 60.7 Å². The number of nitrogens with zero attached hydrogens (tertiary/aromatic N) is 1. The second-order valence-electron chi connectivity index (χ2n) is 7.87. The van der Waals surface area contributed by atoms with Crippen LogP contribution < -0.4 is 5.32 Å². The summed E-state index contributed by atoms with van der Waals surface area (Å²) in [6, 6.07) is 17.4. The summed E-state index contributed by atoms with van der Waals surface area (Å²) in [6.45, 7) is 1.86. The molecule has 2 N–H and O–H groups in total. The van der Waals surface area contributed by atoms with E-state index in [1.54, 1.807) is 6.92 Å². The number of ether oxygens (including phenoxy) is 1. The summed E-state index contributed by atoms with van der Waals surface area (Å²) in [4.78, 5) is 38.8. The van der Waals surface area contributed by atoms with E-state index in [0.717, 1.165) is 11.1 Å². The summed E-state index contributed by atoms with van der Waals surface area (Å²) >= 11 is 0. The molecule has 2 aromatic rings. The molecule has 0 saturated carbocycles. The summed E-state index contributed by atoms with van der Waals surface area (Å²) in [5.41, 5.74) is 2.00. The topological polar surface area (TPSA) is 95.9 Å². The van der Waals surface area contributed by atoms with Crippen molar-refractivity contribution in [3.05, 3.63) is 71.8 Å². The zero-order valence-electron chi connectivity index (χ0n) is 18.3. The maximum absolute atomic E-state index is 13.2. The van der Waals surface area contributed by atoms with E-state index in [4.69, 9.17) is 4.74 Å². The first kappa shape index (κ1) is 23.5. The molecule has 7 nitrogen and oxygen atoms in total. The van der Waals surface area contributed by atoms with Gasteiger partial charge in [0.05, 0.1) is 19.2 Å². The first-order valence-corrected chi connectivity index (χ1v) is 11.0. The number of nitrogens with one attached hydrogen (secondary N) is 1. The Morgan fingerprint density at radius 2 is 1.72 bits per heavy atom. The Hall–Kier alpha value is -3.19. The Labute approximate surface area is 188 Å². The molecular weight excluding hydrogens is 408 g/mol. The van der Waals surface area contributed by atoms with E-state index < -0.39 is 24.0 Å². The number of carboxylic acid groups (broad SMARTS) is 1. The summed E-state index contributed by atoms with van der Waals surface area (Å²) in [6.07, 6.45) is 2.11. The first-order chi connectivity index (χ1) is 15.5. The molecule has 1 amide bonds. The molecule has 0 radical (unpaired) electrons. The highest BCUT2D eigenvalue weighted by atomic mass is 16.5. The van der Waals surface area contributed by atoms with Crippen LogP contribution in [0.3, 0.4) is 0 Å². The Morgan fingerprint density at radius 3 is 2.34 bits per heavy atom. The lowest BCUT2D eigenvalue weighted by molar-refractivity contribution is -0.150. The van der Waals surface area contributed by atoms with Gasteiger partial charge in [0.25, 0.3) is 0 Å². The number of benzene rings is 2.